The first-order valence-electron chi connectivity index (χ1n) is 4.79. The van der Waals surface area contributed by atoms with Crippen molar-refractivity contribution in [2.75, 3.05) is 0 Å². The van der Waals surface area contributed by atoms with Gasteiger partial charge >= 0.3 is 0 Å². The maximum atomic E-state index is 10.0. The molecule has 0 aliphatic rings. The lowest BCUT2D eigenvalue weighted by atomic mass is 9.83. The molecule has 0 aromatic carbocycles. The Hall–Kier alpha value is -0.0400. The Labute approximate surface area is 70.8 Å². The summed E-state index contributed by atoms with van der Waals surface area (Å²) in [6.45, 7) is 8.42. The van der Waals surface area contributed by atoms with E-state index >= 15 is 0 Å². The minimum atomic E-state index is -0.407. The fourth-order valence-electron chi connectivity index (χ4n) is 1.36. The summed E-state index contributed by atoms with van der Waals surface area (Å²) < 4.78 is 0. The van der Waals surface area contributed by atoms with E-state index in [4.69, 9.17) is 0 Å². The summed E-state index contributed by atoms with van der Waals surface area (Å²) in [6.07, 6.45) is 4.15. The maximum absolute atomic E-state index is 10.0. The van der Waals surface area contributed by atoms with Crippen molar-refractivity contribution >= 4 is 0 Å². The molecule has 1 N–H and O–H groups in total. The molecule has 0 aromatic heterocycles. The topological polar surface area (TPSA) is 20.2 Å². The summed E-state index contributed by atoms with van der Waals surface area (Å²) in [5, 5.41) is 10.0. The smallest absolute Gasteiger partial charge is 0.0668 e. The minimum absolute atomic E-state index is 0.388. The fraction of sp³-hybridized carbons (Fsp3) is 1.00. The second-order valence-electron chi connectivity index (χ2n) is 3.72. The van der Waals surface area contributed by atoms with Gasteiger partial charge in [-0.3, -0.25) is 0 Å². The molecule has 0 saturated carbocycles. The van der Waals surface area contributed by atoms with Crippen molar-refractivity contribution in [2.24, 2.45) is 5.92 Å². The van der Waals surface area contributed by atoms with E-state index in [9.17, 15) is 5.11 Å². The van der Waals surface area contributed by atoms with Crippen LogP contribution >= 0.6 is 0 Å². The minimum Gasteiger partial charge on any atom is -0.390 e. The van der Waals surface area contributed by atoms with Gasteiger partial charge in [0, 0.05) is 0 Å². The number of hydrogen-bond donors (Lipinski definition) is 1. The molecule has 0 aliphatic heterocycles. The summed E-state index contributed by atoms with van der Waals surface area (Å²) >= 11 is 0. The van der Waals surface area contributed by atoms with Crippen LogP contribution in [0.2, 0.25) is 0 Å². The molecule has 11 heavy (non-hydrogen) atoms. The van der Waals surface area contributed by atoms with E-state index in [0.717, 1.165) is 19.3 Å². The Bertz CT molecular complexity index is 99.0. The Kier molecular flexibility index (Phi) is 4.74. The van der Waals surface area contributed by atoms with Crippen molar-refractivity contribution < 1.29 is 5.11 Å². The van der Waals surface area contributed by atoms with Crippen molar-refractivity contribution in [3.63, 3.8) is 0 Å². The first-order chi connectivity index (χ1) is 5.06. The third-order valence-electron chi connectivity index (χ3n) is 2.65. The van der Waals surface area contributed by atoms with Crippen LogP contribution in [-0.4, -0.2) is 10.7 Å². The monoisotopic (exact) mass is 158 g/mol. The van der Waals surface area contributed by atoms with Crippen molar-refractivity contribution in [1.29, 1.82) is 0 Å². The van der Waals surface area contributed by atoms with Crippen molar-refractivity contribution in [1.82, 2.24) is 0 Å². The summed E-state index contributed by atoms with van der Waals surface area (Å²) in [5.74, 6) is 0.388. The predicted molar refractivity (Wildman–Crippen MR) is 49.6 cm³/mol. The first kappa shape index (κ1) is 11.0. The van der Waals surface area contributed by atoms with E-state index in [2.05, 4.69) is 27.7 Å². The van der Waals surface area contributed by atoms with Crippen LogP contribution in [0.15, 0.2) is 0 Å². The second-order valence-corrected chi connectivity index (χ2v) is 3.72. The van der Waals surface area contributed by atoms with Crippen LogP contribution in [0.4, 0.5) is 0 Å². The molecule has 1 nitrogen and oxygen atoms in total. The Morgan fingerprint density at radius 3 is 2.09 bits per heavy atom. The highest BCUT2D eigenvalue weighted by Crippen LogP contribution is 2.26. The standard InChI is InChI=1S/C10H22O/c1-5-7-8-10(11,6-2)9(3)4/h9,11H,5-8H2,1-4H3. The van der Waals surface area contributed by atoms with Crippen LogP contribution in [0.5, 0.6) is 0 Å². The summed E-state index contributed by atoms with van der Waals surface area (Å²) in [5.41, 5.74) is -0.407. The third kappa shape index (κ3) is 3.24. The zero-order valence-corrected chi connectivity index (χ0v) is 8.35. The van der Waals surface area contributed by atoms with Gasteiger partial charge in [-0.2, -0.15) is 0 Å². The van der Waals surface area contributed by atoms with E-state index in [1.807, 2.05) is 0 Å². The fourth-order valence-corrected chi connectivity index (χ4v) is 1.36. The molecule has 0 saturated heterocycles. The molecule has 68 valence electrons. The summed E-state index contributed by atoms with van der Waals surface area (Å²) in [6, 6.07) is 0. The van der Waals surface area contributed by atoms with Crippen LogP contribution in [0.3, 0.4) is 0 Å². The molecule has 1 unspecified atom stereocenters. The molecule has 1 heteroatoms. The number of rotatable bonds is 5. The van der Waals surface area contributed by atoms with Gasteiger partial charge < -0.3 is 5.11 Å². The first-order valence-corrected chi connectivity index (χ1v) is 4.79. The van der Waals surface area contributed by atoms with Crippen molar-refractivity contribution in [3.8, 4) is 0 Å². The largest absolute Gasteiger partial charge is 0.390 e. The molecule has 0 spiro atoms. The molecular weight excluding hydrogens is 136 g/mol. The highest BCUT2D eigenvalue weighted by atomic mass is 16.3. The number of hydrogen-bond acceptors (Lipinski definition) is 1. The average Bonchev–Trinajstić information content (AvgIpc) is 2.00. The molecular formula is C10H22O. The van der Waals surface area contributed by atoms with Crippen LogP contribution in [0, 0.1) is 5.92 Å². The molecule has 0 amide bonds. The Morgan fingerprint density at radius 2 is 1.82 bits per heavy atom. The van der Waals surface area contributed by atoms with Gasteiger partial charge in [-0.1, -0.05) is 40.5 Å². The zero-order chi connectivity index (χ0) is 8.91. The van der Waals surface area contributed by atoms with Gasteiger partial charge in [0.25, 0.3) is 0 Å². The van der Waals surface area contributed by atoms with Crippen LogP contribution < -0.4 is 0 Å². The van der Waals surface area contributed by atoms with Gasteiger partial charge in [0.15, 0.2) is 0 Å². The molecule has 1 atom stereocenters. The average molecular weight is 158 g/mol. The van der Waals surface area contributed by atoms with E-state index in [-0.39, 0.29) is 0 Å². The molecule has 0 aliphatic carbocycles. The van der Waals surface area contributed by atoms with Crippen LogP contribution in [-0.2, 0) is 0 Å². The molecule has 0 radical (unpaired) electrons. The van der Waals surface area contributed by atoms with E-state index < -0.39 is 5.60 Å². The van der Waals surface area contributed by atoms with Gasteiger partial charge in [-0.15, -0.1) is 0 Å². The van der Waals surface area contributed by atoms with E-state index in [1.54, 1.807) is 0 Å². The third-order valence-corrected chi connectivity index (χ3v) is 2.65. The number of aliphatic hydroxyl groups is 1. The Morgan fingerprint density at radius 1 is 1.27 bits per heavy atom. The molecule has 0 rings (SSSR count). The van der Waals surface area contributed by atoms with E-state index in [1.165, 1.54) is 6.42 Å². The predicted octanol–water partition coefficient (Wildman–Crippen LogP) is 2.97. The molecule has 0 heterocycles. The van der Waals surface area contributed by atoms with Gasteiger partial charge in [0.2, 0.25) is 0 Å². The highest BCUT2D eigenvalue weighted by Gasteiger charge is 2.27. The lowest BCUT2D eigenvalue weighted by molar-refractivity contribution is -0.0182. The number of unbranched alkanes of at least 4 members (excludes halogenated alkanes) is 1. The van der Waals surface area contributed by atoms with Gasteiger partial charge in [0.1, 0.15) is 0 Å². The summed E-state index contributed by atoms with van der Waals surface area (Å²) in [7, 11) is 0. The van der Waals surface area contributed by atoms with E-state index in [0.29, 0.717) is 5.92 Å². The van der Waals surface area contributed by atoms with Crippen molar-refractivity contribution in [2.45, 2.75) is 59.0 Å². The maximum Gasteiger partial charge on any atom is 0.0668 e. The van der Waals surface area contributed by atoms with Crippen LogP contribution in [0.1, 0.15) is 53.4 Å². The summed E-state index contributed by atoms with van der Waals surface area (Å²) in [4.78, 5) is 0. The van der Waals surface area contributed by atoms with Crippen LogP contribution in [0.25, 0.3) is 0 Å². The quantitative estimate of drug-likeness (QED) is 0.652. The van der Waals surface area contributed by atoms with Gasteiger partial charge in [-0.25, -0.2) is 0 Å². The van der Waals surface area contributed by atoms with Gasteiger partial charge in [0.05, 0.1) is 5.60 Å². The lowest BCUT2D eigenvalue weighted by Gasteiger charge is -2.30. The van der Waals surface area contributed by atoms with Crippen molar-refractivity contribution in [3.05, 3.63) is 0 Å². The van der Waals surface area contributed by atoms with Gasteiger partial charge in [-0.05, 0) is 18.8 Å². The lowest BCUT2D eigenvalue weighted by Crippen LogP contribution is -2.33. The molecule has 0 aromatic rings. The Balaban J connectivity index is 3.88. The highest BCUT2D eigenvalue weighted by molar-refractivity contribution is 4.79. The molecule has 0 bridgehead atoms. The normalized spacial score (nSPS) is 16.9. The SMILES string of the molecule is CCCCC(O)(CC)C(C)C. The zero-order valence-electron chi connectivity index (χ0n) is 8.35. The molecule has 0 fully saturated rings. The second kappa shape index (κ2) is 4.76.